The number of fused-ring (bicyclic) bond motifs is 2. The van der Waals surface area contributed by atoms with Gasteiger partial charge in [0, 0.05) is 39.3 Å². The van der Waals surface area contributed by atoms with E-state index >= 15 is 0 Å². The van der Waals surface area contributed by atoms with Crippen molar-refractivity contribution in [2.75, 3.05) is 11.9 Å². The van der Waals surface area contributed by atoms with E-state index in [1.165, 1.54) is 27.0 Å². The number of H-pyrrole nitrogens is 1. The summed E-state index contributed by atoms with van der Waals surface area (Å²) in [6, 6.07) is 8.69. The number of hydrogen-bond acceptors (Lipinski definition) is 6. The first-order valence-electron chi connectivity index (χ1n) is 12.0. The minimum atomic E-state index is 0.265. The normalized spacial score (nSPS) is 11.8. The Balaban J connectivity index is 1.44. The van der Waals surface area contributed by atoms with Crippen LogP contribution < -0.4 is 5.32 Å². The minimum absolute atomic E-state index is 0.265. The Labute approximate surface area is 203 Å². The van der Waals surface area contributed by atoms with Gasteiger partial charge < -0.3 is 9.88 Å². The predicted octanol–water partition coefficient (Wildman–Crippen LogP) is 6.32. The molecule has 8 heteroatoms. The summed E-state index contributed by atoms with van der Waals surface area (Å²) in [6.07, 6.45) is 5.97. The lowest BCUT2D eigenvalue weighted by molar-refractivity contribution is 0.613. The first-order valence-corrected chi connectivity index (χ1v) is 12.9. The highest BCUT2D eigenvalue weighted by Gasteiger charge is 2.18. The van der Waals surface area contributed by atoms with Gasteiger partial charge in [-0.15, -0.1) is 11.3 Å². The third-order valence-corrected chi connectivity index (χ3v) is 7.21. The Morgan fingerprint density at radius 3 is 2.82 bits per heavy atom. The average Bonchev–Trinajstić information content (AvgIpc) is 3.54. The van der Waals surface area contributed by atoms with E-state index in [0.29, 0.717) is 0 Å². The third-order valence-electron chi connectivity index (χ3n) is 6.24. The fraction of sp³-hybridized carbons (Fsp3) is 0.385. The molecule has 0 aliphatic carbocycles. The first kappa shape index (κ1) is 22.5. The largest absolute Gasteiger partial charge is 0.368 e. The number of rotatable bonds is 9. The molecule has 0 fully saturated rings. The second kappa shape index (κ2) is 9.54. The summed E-state index contributed by atoms with van der Waals surface area (Å²) < 4.78 is 3.36. The van der Waals surface area contributed by atoms with Crippen LogP contribution in [0.2, 0.25) is 0 Å². The van der Waals surface area contributed by atoms with Gasteiger partial charge in [-0.2, -0.15) is 5.10 Å². The number of imidazole rings is 1. The zero-order chi connectivity index (χ0) is 23.7. The minimum Gasteiger partial charge on any atom is -0.368 e. The third kappa shape index (κ3) is 4.18. The van der Waals surface area contributed by atoms with Gasteiger partial charge in [0.25, 0.3) is 0 Å². The van der Waals surface area contributed by atoms with E-state index in [-0.39, 0.29) is 6.04 Å². The Kier molecular flexibility index (Phi) is 6.32. The Bertz CT molecular complexity index is 1430. The number of aromatic nitrogens is 6. The molecule has 0 spiro atoms. The van der Waals surface area contributed by atoms with Gasteiger partial charge in [-0.05, 0) is 51.7 Å². The summed E-state index contributed by atoms with van der Waals surface area (Å²) in [5.74, 6) is 1.54. The Morgan fingerprint density at radius 2 is 2.00 bits per heavy atom. The van der Waals surface area contributed by atoms with Crippen LogP contribution in [0, 0.1) is 6.92 Å². The van der Waals surface area contributed by atoms with Crippen molar-refractivity contribution in [3.8, 4) is 11.4 Å². The van der Waals surface area contributed by atoms with Gasteiger partial charge in [0.2, 0.25) is 0 Å². The van der Waals surface area contributed by atoms with Crippen molar-refractivity contribution >= 4 is 38.4 Å². The molecule has 5 rings (SSSR count). The molecule has 0 bridgehead atoms. The summed E-state index contributed by atoms with van der Waals surface area (Å²) in [6.45, 7) is 9.41. The van der Waals surface area contributed by atoms with Crippen LogP contribution in [0.4, 0.5) is 5.82 Å². The van der Waals surface area contributed by atoms with Gasteiger partial charge in [-0.25, -0.2) is 15.0 Å². The Hall–Kier alpha value is -3.26. The van der Waals surface area contributed by atoms with E-state index in [9.17, 15) is 0 Å². The molecule has 1 aromatic carbocycles. The molecule has 34 heavy (non-hydrogen) atoms. The lowest BCUT2D eigenvalue weighted by atomic mass is 10.0. The zero-order valence-corrected chi connectivity index (χ0v) is 21.0. The molecule has 0 saturated heterocycles. The van der Waals surface area contributed by atoms with Gasteiger partial charge in [0.15, 0.2) is 17.3 Å². The summed E-state index contributed by atoms with van der Waals surface area (Å²) in [5.41, 5.74) is 6.49. The van der Waals surface area contributed by atoms with Crippen LogP contribution in [0.5, 0.6) is 0 Å². The van der Waals surface area contributed by atoms with Crippen molar-refractivity contribution in [2.24, 2.45) is 0 Å². The molecule has 5 aromatic rings. The van der Waals surface area contributed by atoms with E-state index in [4.69, 9.17) is 9.97 Å². The van der Waals surface area contributed by atoms with E-state index in [0.717, 1.165) is 60.6 Å². The molecule has 0 aliphatic heterocycles. The SMILES string of the molecule is CCCc1n[nH]c(C)c1CCCNc1nc(-c2csc3ccccc23)nc2c1ncn2C(C)C. The number of thiophene rings is 1. The molecule has 2 N–H and O–H groups in total. The fourth-order valence-corrected chi connectivity index (χ4v) is 5.38. The number of anilines is 1. The van der Waals surface area contributed by atoms with Gasteiger partial charge in [-0.1, -0.05) is 31.5 Å². The smallest absolute Gasteiger partial charge is 0.166 e. The molecule has 176 valence electrons. The number of nitrogens with zero attached hydrogens (tertiary/aromatic N) is 5. The van der Waals surface area contributed by atoms with Gasteiger partial charge in [-0.3, -0.25) is 5.10 Å². The van der Waals surface area contributed by atoms with Gasteiger partial charge in [0.1, 0.15) is 5.52 Å². The molecule has 0 radical (unpaired) electrons. The summed E-state index contributed by atoms with van der Waals surface area (Å²) in [7, 11) is 0. The molecule has 7 nitrogen and oxygen atoms in total. The molecule has 4 aromatic heterocycles. The highest BCUT2D eigenvalue weighted by molar-refractivity contribution is 7.17. The van der Waals surface area contributed by atoms with Crippen molar-refractivity contribution < 1.29 is 0 Å². The molecule has 0 saturated carbocycles. The highest BCUT2D eigenvalue weighted by atomic mass is 32.1. The second-order valence-electron chi connectivity index (χ2n) is 9.01. The van der Waals surface area contributed by atoms with E-state index in [1.54, 1.807) is 11.3 Å². The Morgan fingerprint density at radius 1 is 1.15 bits per heavy atom. The van der Waals surface area contributed by atoms with Gasteiger partial charge >= 0.3 is 0 Å². The highest BCUT2D eigenvalue weighted by Crippen LogP contribution is 2.34. The van der Waals surface area contributed by atoms with E-state index in [2.05, 4.69) is 82.4 Å². The van der Waals surface area contributed by atoms with Crippen molar-refractivity contribution in [3.63, 3.8) is 0 Å². The van der Waals surface area contributed by atoms with E-state index < -0.39 is 0 Å². The van der Waals surface area contributed by atoms with Crippen molar-refractivity contribution in [1.82, 2.24) is 29.7 Å². The van der Waals surface area contributed by atoms with Crippen LogP contribution in [-0.4, -0.2) is 36.3 Å². The van der Waals surface area contributed by atoms with Gasteiger partial charge in [0.05, 0.1) is 12.0 Å². The average molecular weight is 474 g/mol. The summed E-state index contributed by atoms with van der Waals surface area (Å²) >= 11 is 1.73. The lowest BCUT2D eigenvalue weighted by Gasteiger charge is -2.11. The quantitative estimate of drug-likeness (QED) is 0.245. The molecule has 0 unspecified atom stereocenters. The maximum Gasteiger partial charge on any atom is 0.166 e. The predicted molar refractivity (Wildman–Crippen MR) is 141 cm³/mol. The van der Waals surface area contributed by atoms with Crippen LogP contribution in [0.1, 0.15) is 56.6 Å². The maximum absolute atomic E-state index is 4.97. The monoisotopic (exact) mass is 473 g/mol. The van der Waals surface area contributed by atoms with Crippen LogP contribution >= 0.6 is 11.3 Å². The molecular weight excluding hydrogens is 442 g/mol. The topological polar surface area (TPSA) is 84.3 Å². The number of aryl methyl sites for hydroxylation is 2. The lowest BCUT2D eigenvalue weighted by Crippen LogP contribution is -2.08. The standard InChI is InChI=1S/C26H31N7S/c1-5-9-21-18(17(4)31-32-21)11-8-13-27-25-23-26(33(15-28-23)16(2)3)30-24(29-25)20-14-34-22-12-7-6-10-19(20)22/h6-7,10,12,14-16H,5,8-9,11,13H2,1-4H3,(H,31,32)(H,27,29,30). The van der Waals surface area contributed by atoms with Crippen LogP contribution in [-0.2, 0) is 12.8 Å². The van der Waals surface area contributed by atoms with Crippen molar-refractivity contribution in [2.45, 2.75) is 59.4 Å². The summed E-state index contributed by atoms with van der Waals surface area (Å²) in [5, 5.41) is 14.6. The first-order chi connectivity index (χ1) is 16.6. The molecule has 4 heterocycles. The molecule has 0 aliphatic rings. The number of aromatic amines is 1. The maximum atomic E-state index is 4.97. The molecular formula is C26H31N7S. The number of hydrogen-bond donors (Lipinski definition) is 2. The summed E-state index contributed by atoms with van der Waals surface area (Å²) in [4.78, 5) is 14.6. The van der Waals surface area contributed by atoms with Crippen LogP contribution in [0.3, 0.4) is 0 Å². The molecule has 0 amide bonds. The zero-order valence-electron chi connectivity index (χ0n) is 20.2. The second-order valence-corrected chi connectivity index (χ2v) is 9.92. The van der Waals surface area contributed by atoms with Crippen molar-refractivity contribution in [1.29, 1.82) is 0 Å². The number of nitrogens with one attached hydrogen (secondary N) is 2. The molecule has 0 atom stereocenters. The van der Waals surface area contributed by atoms with E-state index in [1.807, 2.05) is 6.33 Å². The van der Waals surface area contributed by atoms with Crippen LogP contribution in [0.25, 0.3) is 32.6 Å². The fourth-order valence-electron chi connectivity index (χ4n) is 4.44. The number of benzene rings is 1. The van der Waals surface area contributed by atoms with Crippen molar-refractivity contribution in [3.05, 3.63) is 52.9 Å². The van der Waals surface area contributed by atoms with Crippen LogP contribution in [0.15, 0.2) is 36.0 Å².